The lowest BCUT2D eigenvalue weighted by Gasteiger charge is -2.26. The topological polar surface area (TPSA) is 49.8 Å². The molecule has 1 aromatic carbocycles. The maximum Gasteiger partial charge on any atom is 0.321 e. The lowest BCUT2D eigenvalue weighted by molar-refractivity contribution is -0.143. The number of hydrogen-bond acceptors (Lipinski definition) is 3. The van der Waals surface area contributed by atoms with Gasteiger partial charge in [0, 0.05) is 0 Å². The second-order valence-corrected chi connectivity index (χ2v) is 4.36. The molecule has 1 atom stereocenters. The molecule has 0 saturated carbocycles. The lowest BCUT2D eigenvalue weighted by atomic mass is 10.0. The molecule has 0 saturated heterocycles. The standard InChI is InChI=1S/C15H23NO3/c1-4-16(5-2)14(15(17)18)11-12-7-9-13(10-8-12)19-6-3/h7-10,14H,4-6,11H2,1-3H3,(H,17,18)/t14-/m1/s1. The Morgan fingerprint density at radius 1 is 1.21 bits per heavy atom. The molecule has 0 fully saturated rings. The third-order valence-electron chi connectivity index (χ3n) is 3.20. The van der Waals surface area contributed by atoms with E-state index in [1.807, 2.05) is 49.9 Å². The van der Waals surface area contributed by atoms with Gasteiger partial charge in [0.15, 0.2) is 0 Å². The molecule has 4 heteroatoms. The molecule has 0 bridgehead atoms. The van der Waals surface area contributed by atoms with Gasteiger partial charge >= 0.3 is 5.97 Å². The number of aliphatic carboxylic acids is 1. The summed E-state index contributed by atoms with van der Waals surface area (Å²) in [4.78, 5) is 13.3. The number of carboxylic acids is 1. The first-order chi connectivity index (χ1) is 9.12. The highest BCUT2D eigenvalue weighted by Crippen LogP contribution is 2.15. The zero-order chi connectivity index (χ0) is 14.3. The van der Waals surface area contributed by atoms with Crippen molar-refractivity contribution >= 4 is 5.97 Å². The number of rotatable bonds is 8. The fourth-order valence-electron chi connectivity index (χ4n) is 2.15. The minimum atomic E-state index is -0.766. The van der Waals surface area contributed by atoms with Gasteiger partial charge in [0.05, 0.1) is 6.61 Å². The van der Waals surface area contributed by atoms with Crippen molar-refractivity contribution < 1.29 is 14.6 Å². The highest BCUT2D eigenvalue weighted by molar-refractivity contribution is 5.74. The third kappa shape index (κ3) is 4.56. The Hall–Kier alpha value is -1.55. The second-order valence-electron chi connectivity index (χ2n) is 4.36. The van der Waals surface area contributed by atoms with Crippen LogP contribution < -0.4 is 4.74 Å². The van der Waals surface area contributed by atoms with Crippen molar-refractivity contribution in [1.29, 1.82) is 0 Å². The van der Waals surface area contributed by atoms with E-state index in [0.29, 0.717) is 13.0 Å². The quantitative estimate of drug-likeness (QED) is 0.784. The predicted octanol–water partition coefficient (Wildman–Crippen LogP) is 2.42. The molecule has 0 amide bonds. The number of likely N-dealkylation sites (N-methyl/N-ethyl adjacent to an activating group) is 1. The van der Waals surface area contributed by atoms with Crippen molar-refractivity contribution in [1.82, 2.24) is 4.90 Å². The minimum absolute atomic E-state index is 0.465. The van der Waals surface area contributed by atoms with Crippen molar-refractivity contribution in [2.75, 3.05) is 19.7 Å². The van der Waals surface area contributed by atoms with Crippen LogP contribution in [0.15, 0.2) is 24.3 Å². The third-order valence-corrected chi connectivity index (χ3v) is 3.20. The first-order valence-corrected chi connectivity index (χ1v) is 6.80. The van der Waals surface area contributed by atoms with Gasteiger partial charge in [-0.05, 0) is 44.1 Å². The van der Waals surface area contributed by atoms with E-state index < -0.39 is 12.0 Å². The molecule has 4 nitrogen and oxygen atoms in total. The first-order valence-electron chi connectivity index (χ1n) is 6.80. The molecule has 0 spiro atoms. The molecular formula is C15H23NO3. The van der Waals surface area contributed by atoms with Gasteiger partial charge in [-0.25, -0.2) is 0 Å². The number of carboxylic acid groups (broad SMARTS) is 1. The van der Waals surface area contributed by atoms with E-state index in [1.165, 1.54) is 0 Å². The highest BCUT2D eigenvalue weighted by Gasteiger charge is 2.23. The number of hydrogen-bond donors (Lipinski definition) is 1. The SMILES string of the molecule is CCOc1ccc(C[C@H](C(=O)O)N(CC)CC)cc1. The summed E-state index contributed by atoms with van der Waals surface area (Å²) < 4.78 is 5.38. The van der Waals surface area contributed by atoms with Crippen LogP contribution in [0.25, 0.3) is 0 Å². The normalized spacial score (nSPS) is 12.4. The van der Waals surface area contributed by atoms with Gasteiger partial charge < -0.3 is 9.84 Å². The Morgan fingerprint density at radius 2 is 1.79 bits per heavy atom. The van der Waals surface area contributed by atoms with Gasteiger partial charge in [-0.2, -0.15) is 0 Å². The van der Waals surface area contributed by atoms with Crippen LogP contribution >= 0.6 is 0 Å². The molecule has 1 aromatic rings. The monoisotopic (exact) mass is 265 g/mol. The van der Waals surface area contributed by atoms with Gasteiger partial charge in [-0.3, -0.25) is 9.69 Å². The fraction of sp³-hybridized carbons (Fsp3) is 0.533. The van der Waals surface area contributed by atoms with E-state index in [9.17, 15) is 9.90 Å². The maximum atomic E-state index is 11.4. The van der Waals surface area contributed by atoms with Crippen LogP contribution in [0.2, 0.25) is 0 Å². The van der Waals surface area contributed by atoms with Crippen LogP contribution in [0.3, 0.4) is 0 Å². The first kappa shape index (κ1) is 15.5. The molecule has 0 aliphatic carbocycles. The summed E-state index contributed by atoms with van der Waals surface area (Å²) in [7, 11) is 0. The van der Waals surface area contributed by atoms with E-state index in [4.69, 9.17) is 4.74 Å². The number of nitrogens with zero attached hydrogens (tertiary/aromatic N) is 1. The van der Waals surface area contributed by atoms with Crippen molar-refractivity contribution in [3.8, 4) is 5.75 Å². The van der Waals surface area contributed by atoms with Gasteiger partial charge in [-0.15, -0.1) is 0 Å². The average molecular weight is 265 g/mol. The molecule has 0 radical (unpaired) electrons. The van der Waals surface area contributed by atoms with Crippen molar-refractivity contribution in [3.63, 3.8) is 0 Å². The van der Waals surface area contributed by atoms with Crippen LogP contribution in [0.4, 0.5) is 0 Å². The van der Waals surface area contributed by atoms with Crippen LogP contribution in [0.5, 0.6) is 5.75 Å². The summed E-state index contributed by atoms with van der Waals surface area (Å²) >= 11 is 0. The zero-order valence-electron chi connectivity index (χ0n) is 11.9. The molecule has 1 rings (SSSR count). The fourth-order valence-corrected chi connectivity index (χ4v) is 2.15. The van der Waals surface area contributed by atoms with E-state index in [2.05, 4.69) is 0 Å². The summed E-state index contributed by atoms with van der Waals surface area (Å²) in [6, 6.07) is 7.18. The molecule has 0 aromatic heterocycles. The van der Waals surface area contributed by atoms with E-state index in [1.54, 1.807) is 0 Å². The maximum absolute atomic E-state index is 11.4. The van der Waals surface area contributed by atoms with E-state index >= 15 is 0 Å². The minimum Gasteiger partial charge on any atom is -0.494 e. The number of ether oxygens (including phenoxy) is 1. The Balaban J connectivity index is 2.76. The van der Waals surface area contributed by atoms with Gasteiger partial charge in [0.25, 0.3) is 0 Å². The average Bonchev–Trinajstić information content (AvgIpc) is 2.41. The van der Waals surface area contributed by atoms with Crippen LogP contribution in [0.1, 0.15) is 26.3 Å². The Morgan fingerprint density at radius 3 is 2.21 bits per heavy atom. The Kier molecular flexibility index (Phi) is 6.36. The van der Waals surface area contributed by atoms with Crippen molar-refractivity contribution in [2.24, 2.45) is 0 Å². The Labute approximate surface area is 115 Å². The molecule has 0 heterocycles. The van der Waals surface area contributed by atoms with Crippen LogP contribution in [-0.2, 0) is 11.2 Å². The molecular weight excluding hydrogens is 242 g/mol. The van der Waals surface area contributed by atoms with Gasteiger partial charge in [0.2, 0.25) is 0 Å². The smallest absolute Gasteiger partial charge is 0.321 e. The number of carbonyl (C=O) groups is 1. The molecule has 106 valence electrons. The molecule has 0 aliphatic rings. The largest absolute Gasteiger partial charge is 0.494 e. The van der Waals surface area contributed by atoms with Crippen LogP contribution in [-0.4, -0.2) is 41.7 Å². The molecule has 0 unspecified atom stereocenters. The molecule has 1 N–H and O–H groups in total. The summed E-state index contributed by atoms with van der Waals surface area (Å²) in [6.07, 6.45) is 0.517. The van der Waals surface area contributed by atoms with Gasteiger partial charge in [0.1, 0.15) is 11.8 Å². The summed E-state index contributed by atoms with van der Waals surface area (Å²) in [5.41, 5.74) is 1.02. The molecule has 19 heavy (non-hydrogen) atoms. The Bertz CT molecular complexity index is 385. The predicted molar refractivity (Wildman–Crippen MR) is 75.7 cm³/mol. The summed E-state index contributed by atoms with van der Waals surface area (Å²) in [5.74, 6) is 0.0542. The van der Waals surface area contributed by atoms with E-state index in [0.717, 1.165) is 24.4 Å². The zero-order valence-corrected chi connectivity index (χ0v) is 11.9. The highest BCUT2D eigenvalue weighted by atomic mass is 16.5. The molecule has 0 aliphatic heterocycles. The van der Waals surface area contributed by atoms with Crippen molar-refractivity contribution in [3.05, 3.63) is 29.8 Å². The van der Waals surface area contributed by atoms with Gasteiger partial charge in [-0.1, -0.05) is 26.0 Å². The second kappa shape index (κ2) is 7.79. The lowest BCUT2D eigenvalue weighted by Crippen LogP contribution is -2.42. The van der Waals surface area contributed by atoms with Crippen LogP contribution in [0, 0.1) is 0 Å². The summed E-state index contributed by atoms with van der Waals surface area (Å²) in [5, 5.41) is 9.34. The van der Waals surface area contributed by atoms with E-state index in [-0.39, 0.29) is 0 Å². The van der Waals surface area contributed by atoms with Crippen molar-refractivity contribution in [2.45, 2.75) is 33.2 Å². The number of benzene rings is 1. The summed E-state index contributed by atoms with van der Waals surface area (Å²) in [6.45, 7) is 8.02.